The van der Waals surface area contributed by atoms with Crippen molar-refractivity contribution in [2.24, 2.45) is 0 Å². The Bertz CT molecular complexity index is 204. The molecule has 2 aliphatic heterocycles. The lowest BCUT2D eigenvalue weighted by atomic mass is 9.90. The summed E-state index contributed by atoms with van der Waals surface area (Å²) in [7, 11) is 3.40. The normalized spacial score (nSPS) is 46.9. The van der Waals surface area contributed by atoms with E-state index in [1.165, 1.54) is 0 Å². The highest BCUT2D eigenvalue weighted by Gasteiger charge is 2.57. The van der Waals surface area contributed by atoms with Crippen LogP contribution in [0.5, 0.6) is 0 Å². The van der Waals surface area contributed by atoms with E-state index < -0.39 is 0 Å². The van der Waals surface area contributed by atoms with Gasteiger partial charge in [0.1, 0.15) is 17.8 Å². The molecule has 0 aromatic rings. The Hall–Kier alpha value is -0.160. The lowest BCUT2D eigenvalue weighted by molar-refractivity contribution is -0.156. The van der Waals surface area contributed by atoms with E-state index in [1.807, 2.05) is 6.92 Å². The zero-order valence-corrected chi connectivity index (χ0v) is 8.99. The molecule has 0 amide bonds. The van der Waals surface area contributed by atoms with E-state index in [9.17, 15) is 0 Å². The lowest BCUT2D eigenvalue weighted by Crippen LogP contribution is -2.52. The third kappa shape index (κ3) is 1.37. The van der Waals surface area contributed by atoms with Gasteiger partial charge in [-0.25, -0.2) is 0 Å². The first-order chi connectivity index (χ1) is 6.73. The second kappa shape index (κ2) is 3.77. The first-order valence-electron chi connectivity index (χ1n) is 5.04. The molecule has 4 unspecified atom stereocenters. The van der Waals surface area contributed by atoms with Gasteiger partial charge in [-0.1, -0.05) is 0 Å². The van der Waals surface area contributed by atoms with Gasteiger partial charge >= 0.3 is 0 Å². The predicted octanol–water partition coefficient (Wildman–Crippen LogP) is 0.594. The minimum atomic E-state index is -0.286. The largest absolute Gasteiger partial charge is 0.382 e. The van der Waals surface area contributed by atoms with Crippen LogP contribution in [0.1, 0.15) is 13.3 Å². The minimum Gasteiger partial charge on any atom is -0.382 e. The van der Waals surface area contributed by atoms with E-state index in [4.69, 9.17) is 18.9 Å². The molecule has 4 nitrogen and oxygen atoms in total. The van der Waals surface area contributed by atoms with Crippen LogP contribution in [-0.4, -0.2) is 51.3 Å². The molecule has 2 rings (SSSR count). The van der Waals surface area contributed by atoms with E-state index in [0.717, 1.165) is 13.0 Å². The van der Waals surface area contributed by atoms with Gasteiger partial charge in [0.15, 0.2) is 0 Å². The summed E-state index contributed by atoms with van der Waals surface area (Å²) >= 11 is 0. The van der Waals surface area contributed by atoms with Crippen LogP contribution in [0.4, 0.5) is 0 Å². The van der Waals surface area contributed by atoms with Gasteiger partial charge in [-0.3, -0.25) is 0 Å². The summed E-state index contributed by atoms with van der Waals surface area (Å²) < 4.78 is 22.3. The third-order valence-electron chi connectivity index (χ3n) is 3.18. The van der Waals surface area contributed by atoms with E-state index in [-0.39, 0.29) is 23.9 Å². The average molecular weight is 202 g/mol. The highest BCUT2D eigenvalue weighted by atomic mass is 16.6. The van der Waals surface area contributed by atoms with Gasteiger partial charge in [-0.15, -0.1) is 0 Å². The SMILES string of the molecule is COCC12CCOC(C(C)O1)C2OC. The van der Waals surface area contributed by atoms with Crippen molar-refractivity contribution in [1.29, 1.82) is 0 Å². The van der Waals surface area contributed by atoms with Crippen LogP contribution in [-0.2, 0) is 18.9 Å². The fourth-order valence-electron chi connectivity index (χ4n) is 2.62. The van der Waals surface area contributed by atoms with Crippen LogP contribution in [0.2, 0.25) is 0 Å². The number of ether oxygens (including phenoxy) is 4. The van der Waals surface area contributed by atoms with Gasteiger partial charge in [0, 0.05) is 20.6 Å². The molecule has 14 heavy (non-hydrogen) atoms. The minimum absolute atomic E-state index is 0.00574. The smallest absolute Gasteiger partial charge is 0.123 e. The molecular formula is C10H18O4. The van der Waals surface area contributed by atoms with Gasteiger partial charge in [0.05, 0.1) is 19.3 Å². The molecular weight excluding hydrogens is 184 g/mol. The lowest BCUT2D eigenvalue weighted by Gasteiger charge is -2.37. The monoisotopic (exact) mass is 202 g/mol. The fourth-order valence-corrected chi connectivity index (χ4v) is 2.62. The summed E-state index contributed by atoms with van der Waals surface area (Å²) in [5.74, 6) is 0. The van der Waals surface area contributed by atoms with Crippen LogP contribution in [0.15, 0.2) is 0 Å². The summed E-state index contributed by atoms with van der Waals surface area (Å²) in [5.41, 5.74) is -0.286. The van der Waals surface area contributed by atoms with Crippen molar-refractivity contribution in [3.63, 3.8) is 0 Å². The number of hydrogen-bond donors (Lipinski definition) is 0. The molecule has 4 atom stereocenters. The molecule has 0 aromatic carbocycles. The van der Waals surface area contributed by atoms with Crippen molar-refractivity contribution >= 4 is 0 Å². The van der Waals surface area contributed by atoms with Crippen LogP contribution in [0, 0.1) is 0 Å². The first-order valence-corrected chi connectivity index (χ1v) is 5.04. The Morgan fingerprint density at radius 2 is 2.21 bits per heavy atom. The number of rotatable bonds is 3. The molecule has 0 N–H and O–H groups in total. The van der Waals surface area contributed by atoms with E-state index in [0.29, 0.717) is 6.61 Å². The second-order valence-corrected chi connectivity index (χ2v) is 4.06. The molecule has 2 heterocycles. The first kappa shape index (κ1) is 10.4. The van der Waals surface area contributed by atoms with Crippen LogP contribution >= 0.6 is 0 Å². The average Bonchev–Trinajstić information content (AvgIpc) is 2.30. The molecule has 2 fully saturated rings. The molecule has 82 valence electrons. The molecule has 0 radical (unpaired) electrons. The van der Waals surface area contributed by atoms with E-state index >= 15 is 0 Å². The summed E-state index contributed by atoms with van der Waals surface area (Å²) in [4.78, 5) is 0. The highest BCUT2D eigenvalue weighted by molar-refractivity contribution is 5.05. The Kier molecular flexibility index (Phi) is 2.79. The summed E-state index contributed by atoms with van der Waals surface area (Å²) in [6, 6.07) is 0. The molecule has 0 saturated carbocycles. The maximum Gasteiger partial charge on any atom is 0.123 e. The van der Waals surface area contributed by atoms with Crippen molar-refractivity contribution in [1.82, 2.24) is 0 Å². The maximum atomic E-state index is 5.94. The molecule has 0 spiro atoms. The van der Waals surface area contributed by atoms with Crippen molar-refractivity contribution in [3.05, 3.63) is 0 Å². The molecule has 0 aromatic heterocycles. The zero-order valence-electron chi connectivity index (χ0n) is 8.99. The zero-order chi connectivity index (χ0) is 10.2. The highest BCUT2D eigenvalue weighted by Crippen LogP contribution is 2.41. The summed E-state index contributed by atoms with van der Waals surface area (Å²) in [5, 5.41) is 0. The van der Waals surface area contributed by atoms with Crippen molar-refractivity contribution in [2.45, 2.75) is 37.3 Å². The quantitative estimate of drug-likeness (QED) is 0.671. The van der Waals surface area contributed by atoms with Gasteiger partial charge in [-0.05, 0) is 6.92 Å². The van der Waals surface area contributed by atoms with Gasteiger partial charge in [0.2, 0.25) is 0 Å². The predicted molar refractivity (Wildman–Crippen MR) is 50.3 cm³/mol. The number of methoxy groups -OCH3 is 2. The number of fused-ring (bicyclic) bond motifs is 2. The van der Waals surface area contributed by atoms with E-state index in [2.05, 4.69) is 0 Å². The van der Waals surface area contributed by atoms with Crippen LogP contribution in [0.3, 0.4) is 0 Å². The standard InChI is InChI=1S/C10H18O4/c1-7-8-9(12-3)10(14-7,6-11-2)4-5-13-8/h7-9H,4-6H2,1-3H3. The van der Waals surface area contributed by atoms with Gasteiger partial charge < -0.3 is 18.9 Å². The molecule has 4 heteroatoms. The van der Waals surface area contributed by atoms with Crippen LogP contribution in [0.25, 0.3) is 0 Å². The molecule has 2 aliphatic rings. The molecule has 2 saturated heterocycles. The third-order valence-corrected chi connectivity index (χ3v) is 3.18. The summed E-state index contributed by atoms with van der Waals surface area (Å²) in [6.45, 7) is 3.34. The molecule has 2 bridgehead atoms. The Morgan fingerprint density at radius 3 is 2.86 bits per heavy atom. The number of hydrogen-bond acceptors (Lipinski definition) is 4. The van der Waals surface area contributed by atoms with Crippen molar-refractivity contribution in [3.8, 4) is 0 Å². The second-order valence-electron chi connectivity index (χ2n) is 4.06. The van der Waals surface area contributed by atoms with Gasteiger partial charge in [0.25, 0.3) is 0 Å². The van der Waals surface area contributed by atoms with Gasteiger partial charge in [-0.2, -0.15) is 0 Å². The topological polar surface area (TPSA) is 36.9 Å². The maximum absolute atomic E-state index is 5.94. The van der Waals surface area contributed by atoms with E-state index in [1.54, 1.807) is 14.2 Å². The van der Waals surface area contributed by atoms with Crippen molar-refractivity contribution in [2.75, 3.05) is 27.4 Å². The Morgan fingerprint density at radius 1 is 1.43 bits per heavy atom. The van der Waals surface area contributed by atoms with Crippen LogP contribution < -0.4 is 0 Å². The summed E-state index contributed by atoms with van der Waals surface area (Å²) in [6.07, 6.45) is 1.01. The van der Waals surface area contributed by atoms with Crippen molar-refractivity contribution < 1.29 is 18.9 Å². The molecule has 0 aliphatic carbocycles. The Balaban J connectivity index is 2.20. The Labute approximate surface area is 84.5 Å². The fraction of sp³-hybridized carbons (Fsp3) is 1.00.